The number of likely N-dealkylation sites (tertiary alicyclic amines) is 1. The Morgan fingerprint density at radius 3 is 2.44 bits per heavy atom. The molecule has 0 aromatic heterocycles. The van der Waals surface area contributed by atoms with Crippen LogP contribution in [0.15, 0.2) is 75.4 Å². The number of nitrogens with one attached hydrogen (secondary N) is 1. The smallest absolute Gasteiger partial charge is 0.416 e. The minimum atomic E-state index is -4.46. The predicted molar refractivity (Wildman–Crippen MR) is 136 cm³/mol. The van der Waals surface area contributed by atoms with Crippen LogP contribution in [0.25, 0.3) is 0 Å². The monoisotopic (exact) mass is 576 g/mol. The van der Waals surface area contributed by atoms with Gasteiger partial charge in [0.2, 0.25) is 0 Å². The van der Waals surface area contributed by atoms with Crippen LogP contribution in [0.1, 0.15) is 12.0 Å². The van der Waals surface area contributed by atoms with Gasteiger partial charge in [0.25, 0.3) is 10.0 Å². The van der Waals surface area contributed by atoms with E-state index in [2.05, 4.69) is 9.62 Å². The molecule has 0 spiro atoms. The molecule has 3 aromatic carbocycles. The second-order valence-corrected chi connectivity index (χ2v) is 11.9. The maximum absolute atomic E-state index is 13.0. The molecule has 4 rings (SSSR count). The Hall–Kier alpha value is -2.11. The van der Waals surface area contributed by atoms with Gasteiger partial charge in [0.15, 0.2) is 0 Å². The first-order valence-corrected chi connectivity index (χ1v) is 13.8. The second-order valence-electron chi connectivity index (χ2n) is 8.26. The van der Waals surface area contributed by atoms with Gasteiger partial charge in [0, 0.05) is 28.9 Å². The fraction of sp³-hybridized carbons (Fsp3) is 0.250. The van der Waals surface area contributed by atoms with Crippen LogP contribution < -0.4 is 9.46 Å². The number of benzene rings is 3. The minimum Gasteiger partial charge on any atom is -0.487 e. The summed E-state index contributed by atoms with van der Waals surface area (Å²) >= 11 is 13.6. The Morgan fingerprint density at radius 2 is 1.78 bits per heavy atom. The molecule has 5 nitrogen and oxygen atoms in total. The summed E-state index contributed by atoms with van der Waals surface area (Å²) in [6.45, 7) is 1.64. The average Bonchev–Trinajstić information content (AvgIpc) is 3.20. The van der Waals surface area contributed by atoms with Crippen molar-refractivity contribution in [2.45, 2.75) is 33.4 Å². The molecule has 12 heteroatoms. The largest absolute Gasteiger partial charge is 0.487 e. The van der Waals surface area contributed by atoms with Crippen LogP contribution in [0.4, 0.5) is 18.9 Å². The molecule has 192 valence electrons. The van der Waals surface area contributed by atoms with E-state index >= 15 is 0 Å². The number of nitrogens with zero attached hydrogens (tertiary/aromatic N) is 1. The summed E-state index contributed by atoms with van der Waals surface area (Å²) in [6, 6.07) is 13.6. The highest BCUT2D eigenvalue weighted by Crippen LogP contribution is 2.37. The zero-order valence-electron chi connectivity index (χ0n) is 18.9. The van der Waals surface area contributed by atoms with E-state index in [4.69, 9.17) is 27.9 Å². The number of hydrogen-bond acceptors (Lipinski definition) is 5. The lowest BCUT2D eigenvalue weighted by Crippen LogP contribution is -2.21. The second kappa shape index (κ2) is 10.7. The van der Waals surface area contributed by atoms with Crippen LogP contribution in [0.3, 0.4) is 0 Å². The Morgan fingerprint density at radius 1 is 1.03 bits per heavy atom. The maximum Gasteiger partial charge on any atom is 0.416 e. The number of rotatable bonds is 7. The molecule has 0 bridgehead atoms. The van der Waals surface area contributed by atoms with Gasteiger partial charge in [0.05, 0.1) is 21.3 Å². The zero-order chi connectivity index (χ0) is 26.1. The van der Waals surface area contributed by atoms with Crippen LogP contribution in [-0.2, 0) is 16.2 Å². The van der Waals surface area contributed by atoms with Crippen LogP contribution in [-0.4, -0.2) is 39.6 Å². The van der Waals surface area contributed by atoms with E-state index in [9.17, 15) is 21.6 Å². The molecular weight excluding hydrogens is 556 g/mol. The summed E-state index contributed by atoms with van der Waals surface area (Å²) in [5.41, 5.74) is -0.521. The van der Waals surface area contributed by atoms with Crippen LogP contribution in [0.2, 0.25) is 10.0 Å². The first-order chi connectivity index (χ1) is 16.9. The Bertz CT molecular complexity index is 1370. The Kier molecular flexibility index (Phi) is 8.01. The number of alkyl halides is 3. The third-order valence-corrected chi connectivity index (χ3v) is 8.57. The number of halogens is 5. The van der Waals surface area contributed by atoms with Gasteiger partial charge < -0.3 is 9.64 Å². The molecule has 1 atom stereocenters. The molecule has 0 aliphatic carbocycles. The number of likely N-dealkylation sites (N-methyl/N-ethyl adjacent to an activating group) is 1. The van der Waals surface area contributed by atoms with Crippen molar-refractivity contribution in [3.63, 3.8) is 0 Å². The van der Waals surface area contributed by atoms with Crippen LogP contribution >= 0.6 is 35.0 Å². The van der Waals surface area contributed by atoms with Gasteiger partial charge in [-0.1, -0.05) is 41.0 Å². The zero-order valence-corrected chi connectivity index (χ0v) is 22.0. The third-order valence-electron chi connectivity index (χ3n) is 5.42. The number of ether oxygens (including phenoxy) is 1. The van der Waals surface area contributed by atoms with Crippen molar-refractivity contribution in [1.29, 1.82) is 0 Å². The molecule has 0 amide bonds. The number of anilines is 1. The van der Waals surface area contributed by atoms with Crippen molar-refractivity contribution in [1.82, 2.24) is 4.90 Å². The summed E-state index contributed by atoms with van der Waals surface area (Å²) < 4.78 is 73.4. The van der Waals surface area contributed by atoms with Crippen molar-refractivity contribution in [3.8, 4) is 5.75 Å². The molecule has 36 heavy (non-hydrogen) atoms. The van der Waals surface area contributed by atoms with Crippen molar-refractivity contribution in [3.05, 3.63) is 76.3 Å². The van der Waals surface area contributed by atoms with E-state index < -0.39 is 21.8 Å². The standard InChI is InChI=1S/C24H21Cl2F3N2O3S2/c1-31-10-9-17(14-31)34-22-12-16(5-7-20(22)25)30-36(32,33)23-8-6-19(13-21(23)26)35-18-4-2-3-15(11-18)24(27,28)29/h2-8,11-13,17,30H,9-10,14H2,1H3/t17-/m1/s1. The molecular formula is C24H21Cl2F3N2O3S2. The lowest BCUT2D eigenvalue weighted by atomic mass is 10.2. The van der Waals surface area contributed by atoms with Gasteiger partial charge >= 0.3 is 6.18 Å². The van der Waals surface area contributed by atoms with E-state index in [-0.39, 0.29) is 21.7 Å². The van der Waals surface area contributed by atoms with Gasteiger partial charge in [0.1, 0.15) is 16.7 Å². The van der Waals surface area contributed by atoms with Gasteiger partial charge in [-0.25, -0.2) is 8.42 Å². The molecule has 1 aliphatic heterocycles. The molecule has 1 heterocycles. The summed E-state index contributed by atoms with van der Waals surface area (Å²) in [5, 5.41) is 0.292. The third kappa shape index (κ3) is 6.60. The average molecular weight is 577 g/mol. The Labute approximate surface area is 221 Å². The van der Waals surface area contributed by atoms with Gasteiger partial charge in [-0.3, -0.25) is 4.72 Å². The molecule has 3 aromatic rings. The molecule has 1 aliphatic rings. The molecule has 1 saturated heterocycles. The first kappa shape index (κ1) is 26.9. The summed E-state index contributed by atoms with van der Waals surface area (Å²) in [7, 11) is -2.08. The highest BCUT2D eigenvalue weighted by molar-refractivity contribution is 7.99. The van der Waals surface area contributed by atoms with E-state index in [0.717, 1.165) is 43.4 Å². The fourth-order valence-corrected chi connectivity index (χ4v) is 6.41. The molecule has 0 saturated carbocycles. The van der Waals surface area contributed by atoms with Crippen molar-refractivity contribution >= 4 is 50.7 Å². The minimum absolute atomic E-state index is 0.0457. The molecule has 1 fully saturated rings. The summed E-state index contributed by atoms with van der Waals surface area (Å²) in [4.78, 5) is 2.79. The van der Waals surface area contributed by atoms with E-state index in [1.54, 1.807) is 6.07 Å². The lowest BCUT2D eigenvalue weighted by Gasteiger charge is -2.16. The Balaban J connectivity index is 1.50. The summed E-state index contributed by atoms with van der Waals surface area (Å²) in [5.74, 6) is 0.371. The van der Waals surface area contributed by atoms with Gasteiger partial charge in [-0.15, -0.1) is 0 Å². The van der Waals surface area contributed by atoms with E-state index in [1.165, 1.54) is 42.5 Å². The highest BCUT2D eigenvalue weighted by Gasteiger charge is 2.30. The normalized spacial score (nSPS) is 16.8. The quantitative estimate of drug-likeness (QED) is 0.326. The molecule has 1 N–H and O–H groups in total. The fourth-order valence-electron chi connectivity index (χ4n) is 3.67. The van der Waals surface area contributed by atoms with Crippen LogP contribution in [0, 0.1) is 0 Å². The van der Waals surface area contributed by atoms with Crippen molar-refractivity contribution < 1.29 is 26.3 Å². The van der Waals surface area contributed by atoms with Crippen LogP contribution in [0.5, 0.6) is 5.75 Å². The predicted octanol–water partition coefficient (Wildman–Crippen LogP) is 7.05. The number of hydrogen-bond donors (Lipinski definition) is 1. The lowest BCUT2D eigenvalue weighted by molar-refractivity contribution is -0.137. The van der Waals surface area contributed by atoms with Crippen molar-refractivity contribution in [2.75, 3.05) is 24.9 Å². The molecule has 0 unspecified atom stereocenters. The number of sulfonamides is 1. The SMILES string of the molecule is CN1CC[C@@H](Oc2cc(NS(=O)(=O)c3ccc(Sc4cccc(C(F)(F)F)c4)cc3Cl)ccc2Cl)C1. The van der Waals surface area contributed by atoms with E-state index in [1.807, 2.05) is 7.05 Å². The van der Waals surface area contributed by atoms with Crippen molar-refractivity contribution in [2.24, 2.45) is 0 Å². The van der Waals surface area contributed by atoms with E-state index in [0.29, 0.717) is 20.6 Å². The topological polar surface area (TPSA) is 58.6 Å². The highest BCUT2D eigenvalue weighted by atomic mass is 35.5. The first-order valence-electron chi connectivity index (χ1n) is 10.7. The maximum atomic E-state index is 13.0. The van der Waals surface area contributed by atoms with Gasteiger partial charge in [-0.2, -0.15) is 13.2 Å². The summed E-state index contributed by atoms with van der Waals surface area (Å²) in [6.07, 6.45) is -3.67. The molecule has 0 radical (unpaired) electrons. The van der Waals surface area contributed by atoms with Gasteiger partial charge in [-0.05, 0) is 62.0 Å².